The van der Waals surface area contributed by atoms with Crippen molar-refractivity contribution in [1.82, 2.24) is 14.9 Å². The van der Waals surface area contributed by atoms with Crippen molar-refractivity contribution < 1.29 is 4.79 Å². The summed E-state index contributed by atoms with van der Waals surface area (Å²) in [6.45, 7) is 0. The van der Waals surface area contributed by atoms with Gasteiger partial charge >= 0.3 is 0 Å². The molecular formula is C14H18N4O. The zero-order valence-corrected chi connectivity index (χ0v) is 11.4. The van der Waals surface area contributed by atoms with Crippen LogP contribution < -0.4 is 10.2 Å². The van der Waals surface area contributed by atoms with Crippen LogP contribution in [0.5, 0.6) is 0 Å². The molecule has 0 bridgehead atoms. The van der Waals surface area contributed by atoms with Gasteiger partial charge in [0.05, 0.1) is 0 Å². The lowest BCUT2D eigenvalue weighted by Crippen LogP contribution is -2.23. The molecule has 1 aromatic heterocycles. The second-order valence-electron chi connectivity index (χ2n) is 4.60. The highest BCUT2D eigenvalue weighted by atomic mass is 16.1. The summed E-state index contributed by atoms with van der Waals surface area (Å²) in [6, 6.07) is 7.83. The van der Waals surface area contributed by atoms with Crippen molar-refractivity contribution in [1.29, 1.82) is 0 Å². The van der Waals surface area contributed by atoms with E-state index < -0.39 is 0 Å². The maximum atomic E-state index is 10.8. The molecule has 0 saturated carbocycles. The number of hydrogen-bond donors (Lipinski definition) is 1. The minimum absolute atomic E-state index is 0.228. The van der Waals surface area contributed by atoms with Crippen LogP contribution in [0.3, 0.4) is 0 Å². The molecule has 0 aliphatic heterocycles. The van der Waals surface area contributed by atoms with Gasteiger partial charge in [-0.25, -0.2) is 4.98 Å². The van der Waals surface area contributed by atoms with Crippen molar-refractivity contribution in [2.75, 3.05) is 19.0 Å². The maximum Gasteiger partial charge on any atom is 0.207 e. The van der Waals surface area contributed by atoms with Crippen LogP contribution in [0.25, 0.3) is 0 Å². The summed E-state index contributed by atoms with van der Waals surface area (Å²) < 4.78 is 1.90. The van der Waals surface area contributed by atoms with E-state index in [1.165, 1.54) is 0 Å². The van der Waals surface area contributed by atoms with Gasteiger partial charge in [0, 0.05) is 39.2 Å². The van der Waals surface area contributed by atoms with Crippen molar-refractivity contribution in [3.05, 3.63) is 48.0 Å². The lowest BCUT2D eigenvalue weighted by Gasteiger charge is -2.18. The number of nitrogens with zero attached hydrogens (tertiary/aromatic N) is 3. The smallest absolute Gasteiger partial charge is 0.207 e. The summed E-state index contributed by atoms with van der Waals surface area (Å²) >= 11 is 0. The molecule has 1 amide bonds. The molecule has 1 unspecified atom stereocenters. The highest BCUT2D eigenvalue weighted by Gasteiger charge is 2.17. The molecule has 2 aromatic rings. The molecule has 1 N–H and O–H groups in total. The summed E-state index contributed by atoms with van der Waals surface area (Å²) in [6.07, 6.45) is 4.30. The number of hydrogen-bond acceptors (Lipinski definition) is 3. The Balaban J connectivity index is 2.34. The van der Waals surface area contributed by atoms with Crippen LogP contribution in [-0.2, 0) is 11.8 Å². The van der Waals surface area contributed by atoms with Crippen LogP contribution >= 0.6 is 0 Å². The van der Waals surface area contributed by atoms with E-state index in [0.29, 0.717) is 6.41 Å². The zero-order chi connectivity index (χ0) is 13.8. The summed E-state index contributed by atoms with van der Waals surface area (Å²) in [5.74, 6) is 0.810. The van der Waals surface area contributed by atoms with Crippen molar-refractivity contribution in [2.45, 2.75) is 6.04 Å². The van der Waals surface area contributed by atoms with E-state index in [9.17, 15) is 4.79 Å². The highest BCUT2D eigenvalue weighted by molar-refractivity contribution is 5.51. The highest BCUT2D eigenvalue weighted by Crippen LogP contribution is 2.22. The Morgan fingerprint density at radius 2 is 2.00 bits per heavy atom. The number of aryl methyl sites for hydroxylation is 1. The lowest BCUT2D eigenvalue weighted by molar-refractivity contribution is -0.110. The van der Waals surface area contributed by atoms with Crippen LogP contribution in [0.4, 0.5) is 5.69 Å². The number of carbonyl (C=O) groups excluding carboxylic acids is 1. The van der Waals surface area contributed by atoms with E-state index in [-0.39, 0.29) is 6.04 Å². The summed E-state index contributed by atoms with van der Waals surface area (Å²) in [5.41, 5.74) is 2.13. The lowest BCUT2D eigenvalue weighted by atomic mass is 10.1. The second-order valence-corrected chi connectivity index (χ2v) is 4.60. The molecule has 0 fully saturated rings. The Bertz CT molecular complexity index is 545. The van der Waals surface area contributed by atoms with Gasteiger partial charge in [0.15, 0.2) is 0 Å². The van der Waals surface area contributed by atoms with Gasteiger partial charge in [0.1, 0.15) is 11.9 Å². The minimum Gasteiger partial charge on any atom is -0.378 e. The van der Waals surface area contributed by atoms with Crippen molar-refractivity contribution in [3.8, 4) is 0 Å². The number of benzene rings is 1. The normalized spacial score (nSPS) is 11.9. The Kier molecular flexibility index (Phi) is 3.85. The average Bonchev–Trinajstić information content (AvgIpc) is 2.82. The fraction of sp³-hybridized carbons (Fsp3) is 0.286. The van der Waals surface area contributed by atoms with Gasteiger partial charge in [0.2, 0.25) is 6.41 Å². The molecule has 1 heterocycles. The van der Waals surface area contributed by atoms with Gasteiger partial charge in [-0.1, -0.05) is 12.1 Å². The first-order valence-corrected chi connectivity index (χ1v) is 6.07. The number of aromatic nitrogens is 2. The van der Waals surface area contributed by atoms with E-state index in [1.54, 1.807) is 6.20 Å². The van der Waals surface area contributed by atoms with Crippen LogP contribution in [-0.4, -0.2) is 30.1 Å². The van der Waals surface area contributed by atoms with Gasteiger partial charge in [-0.2, -0.15) is 0 Å². The van der Waals surface area contributed by atoms with Gasteiger partial charge in [0.25, 0.3) is 0 Å². The van der Waals surface area contributed by atoms with E-state index in [4.69, 9.17) is 0 Å². The van der Waals surface area contributed by atoms with E-state index in [1.807, 2.05) is 61.1 Å². The maximum absolute atomic E-state index is 10.8. The third-order valence-electron chi connectivity index (χ3n) is 3.09. The first kappa shape index (κ1) is 13.1. The van der Waals surface area contributed by atoms with Crippen LogP contribution in [0.15, 0.2) is 36.7 Å². The molecule has 0 aliphatic rings. The summed E-state index contributed by atoms with van der Waals surface area (Å²) in [4.78, 5) is 17.1. The predicted octanol–water partition coefficient (Wildman–Crippen LogP) is 1.32. The third-order valence-corrected chi connectivity index (χ3v) is 3.09. The van der Waals surface area contributed by atoms with Gasteiger partial charge < -0.3 is 14.8 Å². The molecule has 0 radical (unpaired) electrons. The fourth-order valence-corrected chi connectivity index (χ4v) is 2.01. The number of amides is 1. The summed E-state index contributed by atoms with van der Waals surface area (Å²) in [5, 5.41) is 2.81. The topological polar surface area (TPSA) is 50.2 Å². The standard InChI is InChI=1S/C14H18N4O/c1-17(2)12-6-4-11(5-7-12)13(16-10-19)14-15-8-9-18(14)3/h4-10,13H,1-3H3,(H,16,19). The minimum atomic E-state index is -0.228. The zero-order valence-electron chi connectivity index (χ0n) is 11.4. The largest absolute Gasteiger partial charge is 0.378 e. The van der Waals surface area contributed by atoms with Crippen molar-refractivity contribution in [3.63, 3.8) is 0 Å². The van der Waals surface area contributed by atoms with Gasteiger partial charge in [-0.15, -0.1) is 0 Å². The molecular weight excluding hydrogens is 240 g/mol. The van der Waals surface area contributed by atoms with E-state index >= 15 is 0 Å². The molecule has 0 spiro atoms. The van der Waals surface area contributed by atoms with Crippen LogP contribution in [0, 0.1) is 0 Å². The molecule has 19 heavy (non-hydrogen) atoms. The van der Waals surface area contributed by atoms with Crippen molar-refractivity contribution in [2.24, 2.45) is 7.05 Å². The van der Waals surface area contributed by atoms with E-state index in [0.717, 1.165) is 17.1 Å². The van der Waals surface area contributed by atoms with Gasteiger partial charge in [-0.3, -0.25) is 4.79 Å². The van der Waals surface area contributed by atoms with Gasteiger partial charge in [-0.05, 0) is 17.7 Å². The third kappa shape index (κ3) is 2.76. The number of nitrogens with one attached hydrogen (secondary N) is 1. The molecule has 1 aromatic carbocycles. The number of imidazole rings is 1. The Morgan fingerprint density at radius 3 is 2.47 bits per heavy atom. The quantitative estimate of drug-likeness (QED) is 0.823. The van der Waals surface area contributed by atoms with Crippen LogP contribution in [0.1, 0.15) is 17.4 Å². The average molecular weight is 258 g/mol. The Hall–Kier alpha value is -2.30. The first-order valence-electron chi connectivity index (χ1n) is 6.07. The molecule has 5 nitrogen and oxygen atoms in total. The molecule has 1 atom stereocenters. The number of carbonyl (C=O) groups is 1. The fourth-order valence-electron chi connectivity index (χ4n) is 2.01. The molecule has 100 valence electrons. The predicted molar refractivity (Wildman–Crippen MR) is 75.0 cm³/mol. The Labute approximate surface area is 112 Å². The second kappa shape index (κ2) is 5.56. The van der Waals surface area contributed by atoms with Crippen LogP contribution in [0.2, 0.25) is 0 Å². The first-order chi connectivity index (χ1) is 9.13. The molecule has 5 heteroatoms. The number of rotatable bonds is 5. The van der Waals surface area contributed by atoms with E-state index in [2.05, 4.69) is 10.3 Å². The monoisotopic (exact) mass is 258 g/mol. The molecule has 0 saturated heterocycles. The molecule has 0 aliphatic carbocycles. The molecule has 2 rings (SSSR count). The van der Waals surface area contributed by atoms with Crippen molar-refractivity contribution >= 4 is 12.1 Å². The SMILES string of the molecule is CN(C)c1ccc(C(NC=O)c2nccn2C)cc1. The Morgan fingerprint density at radius 1 is 1.32 bits per heavy atom. The number of anilines is 1. The summed E-state index contributed by atoms with van der Waals surface area (Å²) in [7, 11) is 5.90.